The van der Waals surface area contributed by atoms with E-state index < -0.39 is 0 Å². The molecule has 0 aliphatic carbocycles. The minimum Gasteiger partial charge on any atom is -0.361 e. The molecule has 4 heteroatoms. The first-order valence-corrected chi connectivity index (χ1v) is 6.84. The Morgan fingerprint density at radius 2 is 2.17 bits per heavy atom. The van der Waals surface area contributed by atoms with E-state index in [1.165, 1.54) is 17.4 Å². The highest BCUT2D eigenvalue weighted by Gasteiger charge is 2.09. The molecular formula is C14H17FN2S. The molecule has 0 unspecified atom stereocenters. The third-order valence-electron chi connectivity index (χ3n) is 2.55. The lowest BCUT2D eigenvalue weighted by molar-refractivity contribution is 0.631. The lowest BCUT2D eigenvalue weighted by Gasteiger charge is -2.04. The molecular weight excluding hydrogens is 247 g/mol. The van der Waals surface area contributed by atoms with Crippen molar-refractivity contribution in [2.45, 2.75) is 20.8 Å². The van der Waals surface area contributed by atoms with Gasteiger partial charge in [-0.1, -0.05) is 36.8 Å². The normalized spacial score (nSPS) is 10.9. The van der Waals surface area contributed by atoms with Crippen LogP contribution in [0.1, 0.15) is 19.4 Å². The molecule has 0 saturated heterocycles. The summed E-state index contributed by atoms with van der Waals surface area (Å²) in [6, 6.07) is 5.14. The van der Waals surface area contributed by atoms with Gasteiger partial charge < -0.3 is 5.32 Å². The number of aromatic nitrogens is 1. The van der Waals surface area contributed by atoms with Crippen LogP contribution in [0.2, 0.25) is 0 Å². The smallest absolute Gasteiger partial charge is 0.183 e. The SMILES string of the molecule is Cc1ccc(F)c(-c2cnc(NCC(C)C)s2)c1. The fourth-order valence-electron chi connectivity index (χ4n) is 1.60. The molecule has 0 fully saturated rings. The topological polar surface area (TPSA) is 24.9 Å². The molecule has 2 aromatic rings. The summed E-state index contributed by atoms with van der Waals surface area (Å²) in [4.78, 5) is 5.14. The molecule has 1 N–H and O–H groups in total. The maximum atomic E-state index is 13.7. The van der Waals surface area contributed by atoms with Gasteiger partial charge in [0.25, 0.3) is 0 Å². The van der Waals surface area contributed by atoms with Gasteiger partial charge in [0.05, 0.1) is 4.88 Å². The predicted molar refractivity (Wildman–Crippen MR) is 75.6 cm³/mol. The molecule has 1 aromatic heterocycles. The van der Waals surface area contributed by atoms with E-state index in [1.54, 1.807) is 12.3 Å². The van der Waals surface area contributed by atoms with Crippen molar-refractivity contribution in [3.05, 3.63) is 35.8 Å². The van der Waals surface area contributed by atoms with Crippen LogP contribution < -0.4 is 5.32 Å². The number of nitrogens with one attached hydrogen (secondary N) is 1. The highest BCUT2D eigenvalue weighted by molar-refractivity contribution is 7.18. The van der Waals surface area contributed by atoms with Gasteiger partial charge in [0.2, 0.25) is 0 Å². The fourth-order valence-corrected chi connectivity index (χ4v) is 2.44. The molecule has 96 valence electrons. The quantitative estimate of drug-likeness (QED) is 0.889. The number of hydrogen-bond donors (Lipinski definition) is 1. The lowest BCUT2D eigenvalue weighted by Crippen LogP contribution is -2.07. The second-order valence-corrected chi connectivity index (χ2v) is 5.82. The maximum absolute atomic E-state index is 13.7. The summed E-state index contributed by atoms with van der Waals surface area (Å²) in [6.07, 6.45) is 1.73. The molecule has 2 rings (SSSR count). The van der Waals surface area contributed by atoms with Crippen LogP contribution in [0.4, 0.5) is 9.52 Å². The number of rotatable bonds is 4. The Balaban J connectivity index is 2.21. The first-order chi connectivity index (χ1) is 8.56. The van der Waals surface area contributed by atoms with E-state index in [1.807, 2.05) is 13.0 Å². The highest BCUT2D eigenvalue weighted by Crippen LogP contribution is 2.31. The van der Waals surface area contributed by atoms with Crippen molar-refractivity contribution in [3.63, 3.8) is 0 Å². The largest absolute Gasteiger partial charge is 0.361 e. The molecule has 0 aliphatic rings. The Labute approximate surface area is 111 Å². The molecule has 0 spiro atoms. The first kappa shape index (κ1) is 13.0. The van der Waals surface area contributed by atoms with Gasteiger partial charge in [-0.05, 0) is 25.0 Å². The standard InChI is InChI=1S/C14H17FN2S/c1-9(2)7-16-14-17-8-13(18-14)11-6-10(3)4-5-12(11)15/h4-6,8-9H,7H2,1-3H3,(H,16,17). The van der Waals surface area contributed by atoms with Gasteiger partial charge in [0.15, 0.2) is 5.13 Å². The van der Waals surface area contributed by atoms with Crippen molar-refractivity contribution in [2.24, 2.45) is 5.92 Å². The van der Waals surface area contributed by atoms with E-state index in [2.05, 4.69) is 24.1 Å². The summed E-state index contributed by atoms with van der Waals surface area (Å²) in [5.74, 6) is 0.368. The second kappa shape index (κ2) is 5.48. The summed E-state index contributed by atoms with van der Waals surface area (Å²) in [6.45, 7) is 7.12. The zero-order valence-electron chi connectivity index (χ0n) is 10.8. The molecule has 1 heterocycles. The summed E-state index contributed by atoms with van der Waals surface area (Å²) in [5, 5.41) is 4.10. The molecule has 0 aliphatic heterocycles. The maximum Gasteiger partial charge on any atom is 0.183 e. The molecule has 0 atom stereocenters. The summed E-state index contributed by atoms with van der Waals surface area (Å²) in [7, 11) is 0. The molecule has 0 bridgehead atoms. The van der Waals surface area contributed by atoms with Crippen LogP contribution >= 0.6 is 11.3 Å². The van der Waals surface area contributed by atoms with Crippen molar-refractivity contribution in [3.8, 4) is 10.4 Å². The van der Waals surface area contributed by atoms with Gasteiger partial charge in [-0.25, -0.2) is 9.37 Å². The van der Waals surface area contributed by atoms with Gasteiger partial charge >= 0.3 is 0 Å². The Bertz CT molecular complexity index is 534. The van der Waals surface area contributed by atoms with Crippen LogP contribution in [0.5, 0.6) is 0 Å². The third-order valence-corrected chi connectivity index (χ3v) is 3.54. The van der Waals surface area contributed by atoms with Crippen molar-refractivity contribution < 1.29 is 4.39 Å². The molecule has 0 radical (unpaired) electrons. The zero-order chi connectivity index (χ0) is 13.1. The molecule has 18 heavy (non-hydrogen) atoms. The van der Waals surface area contributed by atoms with E-state index in [0.717, 1.165) is 22.1 Å². The van der Waals surface area contributed by atoms with Crippen LogP contribution in [-0.4, -0.2) is 11.5 Å². The summed E-state index contributed by atoms with van der Waals surface area (Å²) in [5.41, 5.74) is 1.68. The van der Waals surface area contributed by atoms with Crippen molar-refractivity contribution >= 4 is 16.5 Å². The Morgan fingerprint density at radius 1 is 1.39 bits per heavy atom. The lowest BCUT2D eigenvalue weighted by atomic mass is 10.1. The summed E-state index contributed by atoms with van der Waals surface area (Å²) >= 11 is 1.49. The number of thiazole rings is 1. The van der Waals surface area contributed by atoms with Gasteiger partial charge in [0, 0.05) is 18.3 Å². The number of hydrogen-bond acceptors (Lipinski definition) is 3. The molecule has 1 aromatic carbocycles. The Kier molecular flexibility index (Phi) is 3.97. The van der Waals surface area contributed by atoms with Crippen molar-refractivity contribution in [1.29, 1.82) is 0 Å². The monoisotopic (exact) mass is 264 g/mol. The van der Waals surface area contributed by atoms with E-state index >= 15 is 0 Å². The minimum absolute atomic E-state index is 0.195. The van der Waals surface area contributed by atoms with Crippen molar-refractivity contribution in [2.75, 3.05) is 11.9 Å². The number of aryl methyl sites for hydroxylation is 1. The van der Waals surface area contributed by atoms with E-state index in [-0.39, 0.29) is 5.82 Å². The van der Waals surface area contributed by atoms with Crippen LogP contribution in [0, 0.1) is 18.7 Å². The number of halogens is 1. The number of benzene rings is 1. The van der Waals surface area contributed by atoms with E-state index in [4.69, 9.17) is 0 Å². The van der Waals surface area contributed by atoms with Gasteiger partial charge in [0.1, 0.15) is 5.82 Å². The number of anilines is 1. The van der Waals surface area contributed by atoms with Crippen LogP contribution in [-0.2, 0) is 0 Å². The average Bonchev–Trinajstić information content (AvgIpc) is 2.78. The van der Waals surface area contributed by atoms with Crippen LogP contribution in [0.25, 0.3) is 10.4 Å². The first-order valence-electron chi connectivity index (χ1n) is 6.02. The Hall–Kier alpha value is -1.42. The van der Waals surface area contributed by atoms with E-state index in [0.29, 0.717) is 11.5 Å². The predicted octanol–water partition coefficient (Wildman–Crippen LogP) is 4.33. The second-order valence-electron chi connectivity index (χ2n) is 4.79. The van der Waals surface area contributed by atoms with Gasteiger partial charge in [-0.2, -0.15) is 0 Å². The van der Waals surface area contributed by atoms with Crippen molar-refractivity contribution in [1.82, 2.24) is 4.98 Å². The third kappa shape index (κ3) is 3.07. The van der Waals surface area contributed by atoms with Crippen LogP contribution in [0.15, 0.2) is 24.4 Å². The fraction of sp³-hybridized carbons (Fsp3) is 0.357. The van der Waals surface area contributed by atoms with Gasteiger partial charge in [-0.15, -0.1) is 0 Å². The average molecular weight is 264 g/mol. The number of nitrogens with zero attached hydrogens (tertiary/aromatic N) is 1. The van der Waals surface area contributed by atoms with E-state index in [9.17, 15) is 4.39 Å². The summed E-state index contributed by atoms with van der Waals surface area (Å²) < 4.78 is 13.7. The zero-order valence-corrected chi connectivity index (χ0v) is 11.6. The van der Waals surface area contributed by atoms with Gasteiger partial charge in [-0.3, -0.25) is 0 Å². The van der Waals surface area contributed by atoms with Crippen LogP contribution in [0.3, 0.4) is 0 Å². The molecule has 2 nitrogen and oxygen atoms in total. The molecule has 0 amide bonds. The molecule has 0 saturated carbocycles. The Morgan fingerprint density at radius 3 is 2.89 bits per heavy atom. The minimum atomic E-state index is -0.195. The highest BCUT2D eigenvalue weighted by atomic mass is 32.1.